The third kappa shape index (κ3) is 1.97. The Bertz CT molecular complexity index is 302. The number of Topliss-reactive ketones (excluding diaryl/α,β-unsaturated/α-hetero) is 1. The number of ketones is 1. The van der Waals surface area contributed by atoms with Crippen molar-refractivity contribution in [2.45, 2.75) is 13.0 Å². The van der Waals surface area contributed by atoms with Crippen molar-refractivity contribution in [1.82, 2.24) is 9.78 Å². The van der Waals surface area contributed by atoms with Gasteiger partial charge in [0.2, 0.25) is 5.78 Å². The third-order valence-electron chi connectivity index (χ3n) is 1.85. The van der Waals surface area contributed by atoms with E-state index in [9.17, 15) is 4.79 Å². The SMILES string of the molecule is COC(C)C(=O)c1c(Br)cnn1C. The Hall–Kier alpha value is -0.680. The van der Waals surface area contributed by atoms with Gasteiger partial charge < -0.3 is 4.74 Å². The first-order chi connectivity index (χ1) is 6.07. The van der Waals surface area contributed by atoms with Crippen molar-refractivity contribution in [3.63, 3.8) is 0 Å². The number of methoxy groups -OCH3 is 1. The molecule has 1 aromatic rings. The van der Waals surface area contributed by atoms with E-state index in [4.69, 9.17) is 4.74 Å². The minimum Gasteiger partial charge on any atom is -0.374 e. The van der Waals surface area contributed by atoms with Crippen LogP contribution in [0.3, 0.4) is 0 Å². The molecule has 0 fully saturated rings. The van der Waals surface area contributed by atoms with Crippen LogP contribution in [0.2, 0.25) is 0 Å². The van der Waals surface area contributed by atoms with Gasteiger partial charge in [0, 0.05) is 14.2 Å². The highest BCUT2D eigenvalue weighted by molar-refractivity contribution is 9.10. The number of aromatic nitrogens is 2. The fourth-order valence-electron chi connectivity index (χ4n) is 0.987. The van der Waals surface area contributed by atoms with Gasteiger partial charge in [0.25, 0.3) is 0 Å². The largest absolute Gasteiger partial charge is 0.374 e. The van der Waals surface area contributed by atoms with Crippen LogP contribution >= 0.6 is 15.9 Å². The molecule has 4 nitrogen and oxygen atoms in total. The van der Waals surface area contributed by atoms with Crippen molar-refractivity contribution >= 4 is 21.7 Å². The van der Waals surface area contributed by atoms with Crippen LogP contribution in [-0.4, -0.2) is 28.8 Å². The number of carbonyl (C=O) groups excluding carboxylic acids is 1. The average molecular weight is 247 g/mol. The number of hydrogen-bond acceptors (Lipinski definition) is 3. The smallest absolute Gasteiger partial charge is 0.210 e. The quantitative estimate of drug-likeness (QED) is 0.758. The Morgan fingerprint density at radius 1 is 1.77 bits per heavy atom. The molecule has 0 aliphatic carbocycles. The Kier molecular flexibility index (Phi) is 3.22. The van der Waals surface area contributed by atoms with E-state index < -0.39 is 6.10 Å². The molecule has 0 bridgehead atoms. The molecule has 5 heteroatoms. The van der Waals surface area contributed by atoms with Gasteiger partial charge in [0.05, 0.1) is 10.7 Å². The summed E-state index contributed by atoms with van der Waals surface area (Å²) in [6.07, 6.45) is 1.15. The molecule has 0 aromatic carbocycles. The Morgan fingerprint density at radius 2 is 2.38 bits per heavy atom. The number of rotatable bonds is 3. The van der Waals surface area contributed by atoms with E-state index >= 15 is 0 Å². The fourth-order valence-corrected chi connectivity index (χ4v) is 1.53. The van der Waals surface area contributed by atoms with Crippen molar-refractivity contribution in [1.29, 1.82) is 0 Å². The van der Waals surface area contributed by atoms with Crippen molar-refractivity contribution in [3.05, 3.63) is 16.4 Å². The van der Waals surface area contributed by atoms with Crippen LogP contribution in [0.15, 0.2) is 10.7 Å². The summed E-state index contributed by atoms with van der Waals surface area (Å²) in [6, 6.07) is 0. The van der Waals surface area contributed by atoms with Gasteiger partial charge in [0.1, 0.15) is 11.8 Å². The molecule has 0 saturated heterocycles. The molecule has 1 rings (SSSR count). The zero-order valence-corrected chi connectivity index (χ0v) is 9.33. The first-order valence-electron chi connectivity index (χ1n) is 3.82. The number of ether oxygens (including phenoxy) is 1. The maximum absolute atomic E-state index is 11.7. The molecule has 0 N–H and O–H groups in total. The van der Waals surface area contributed by atoms with E-state index in [1.54, 1.807) is 20.2 Å². The maximum Gasteiger partial charge on any atom is 0.210 e. The third-order valence-corrected chi connectivity index (χ3v) is 2.43. The van der Waals surface area contributed by atoms with E-state index in [0.717, 1.165) is 0 Å². The Morgan fingerprint density at radius 3 is 2.77 bits per heavy atom. The summed E-state index contributed by atoms with van der Waals surface area (Å²) in [6.45, 7) is 1.71. The summed E-state index contributed by atoms with van der Waals surface area (Å²) in [5, 5.41) is 3.95. The van der Waals surface area contributed by atoms with E-state index in [-0.39, 0.29) is 5.78 Å². The number of hydrogen-bond donors (Lipinski definition) is 0. The number of aryl methyl sites for hydroxylation is 1. The van der Waals surface area contributed by atoms with E-state index in [2.05, 4.69) is 21.0 Å². The average Bonchev–Trinajstić information content (AvgIpc) is 2.44. The summed E-state index contributed by atoms with van der Waals surface area (Å²) < 4.78 is 7.16. The topological polar surface area (TPSA) is 44.1 Å². The summed E-state index contributed by atoms with van der Waals surface area (Å²) >= 11 is 3.26. The molecule has 0 aliphatic rings. The lowest BCUT2D eigenvalue weighted by Gasteiger charge is -2.08. The lowest BCUT2D eigenvalue weighted by atomic mass is 10.2. The Balaban J connectivity index is 3.01. The molecule has 1 unspecified atom stereocenters. The van der Waals surface area contributed by atoms with Crippen LogP contribution < -0.4 is 0 Å². The van der Waals surface area contributed by atoms with Crippen molar-refractivity contribution in [2.24, 2.45) is 7.05 Å². The second-order valence-corrected chi connectivity index (χ2v) is 3.56. The first kappa shape index (κ1) is 10.4. The van der Waals surface area contributed by atoms with Crippen LogP contribution in [0.5, 0.6) is 0 Å². The molecule has 1 heterocycles. The first-order valence-corrected chi connectivity index (χ1v) is 4.61. The zero-order chi connectivity index (χ0) is 10.0. The molecule has 0 saturated carbocycles. The molecule has 13 heavy (non-hydrogen) atoms. The number of nitrogens with zero attached hydrogens (tertiary/aromatic N) is 2. The molecule has 72 valence electrons. The standard InChI is InChI=1S/C8H11BrN2O2/c1-5(13-3)8(12)7-6(9)4-10-11(7)2/h4-5H,1-3H3. The molecule has 0 amide bonds. The van der Waals surface area contributed by atoms with Crippen molar-refractivity contribution in [2.75, 3.05) is 7.11 Å². The minimum absolute atomic E-state index is 0.0747. The van der Waals surface area contributed by atoms with E-state index in [0.29, 0.717) is 10.2 Å². The van der Waals surface area contributed by atoms with Crippen LogP contribution in [0, 0.1) is 0 Å². The van der Waals surface area contributed by atoms with Gasteiger partial charge in [0.15, 0.2) is 0 Å². The predicted octanol–water partition coefficient (Wildman–Crippen LogP) is 1.40. The second kappa shape index (κ2) is 4.02. The number of carbonyl (C=O) groups is 1. The Labute approximate surface area is 85.0 Å². The molecule has 0 aliphatic heterocycles. The second-order valence-electron chi connectivity index (χ2n) is 2.71. The highest BCUT2D eigenvalue weighted by Gasteiger charge is 2.20. The van der Waals surface area contributed by atoms with Gasteiger partial charge >= 0.3 is 0 Å². The molecule has 1 atom stereocenters. The molecule has 1 aromatic heterocycles. The number of halogens is 1. The highest BCUT2D eigenvalue weighted by Crippen LogP contribution is 2.17. The van der Waals surface area contributed by atoms with Gasteiger partial charge in [-0.05, 0) is 22.9 Å². The van der Waals surface area contributed by atoms with Gasteiger partial charge in [-0.1, -0.05) is 0 Å². The molecular weight excluding hydrogens is 236 g/mol. The lowest BCUT2D eigenvalue weighted by molar-refractivity contribution is 0.0645. The summed E-state index contributed by atoms with van der Waals surface area (Å²) in [7, 11) is 3.23. The van der Waals surface area contributed by atoms with Gasteiger partial charge in [-0.15, -0.1) is 0 Å². The highest BCUT2D eigenvalue weighted by atomic mass is 79.9. The van der Waals surface area contributed by atoms with Crippen LogP contribution in [0.1, 0.15) is 17.4 Å². The summed E-state index contributed by atoms with van der Waals surface area (Å²) in [4.78, 5) is 11.7. The normalized spacial score (nSPS) is 12.9. The minimum atomic E-state index is -0.438. The molecule has 0 radical (unpaired) electrons. The van der Waals surface area contributed by atoms with Crippen molar-refractivity contribution in [3.8, 4) is 0 Å². The van der Waals surface area contributed by atoms with Gasteiger partial charge in [-0.3, -0.25) is 9.48 Å². The van der Waals surface area contributed by atoms with E-state index in [1.807, 2.05) is 0 Å². The van der Waals surface area contributed by atoms with Crippen LogP contribution in [0.4, 0.5) is 0 Å². The van der Waals surface area contributed by atoms with Crippen LogP contribution in [-0.2, 0) is 11.8 Å². The zero-order valence-electron chi connectivity index (χ0n) is 7.74. The molecule has 0 spiro atoms. The maximum atomic E-state index is 11.7. The van der Waals surface area contributed by atoms with Crippen LogP contribution in [0.25, 0.3) is 0 Å². The molecular formula is C8H11BrN2O2. The van der Waals surface area contributed by atoms with Gasteiger partial charge in [-0.25, -0.2) is 0 Å². The van der Waals surface area contributed by atoms with Crippen molar-refractivity contribution < 1.29 is 9.53 Å². The monoisotopic (exact) mass is 246 g/mol. The lowest BCUT2D eigenvalue weighted by Crippen LogP contribution is -2.22. The van der Waals surface area contributed by atoms with Gasteiger partial charge in [-0.2, -0.15) is 5.10 Å². The summed E-state index contributed by atoms with van der Waals surface area (Å²) in [5.41, 5.74) is 0.536. The van der Waals surface area contributed by atoms with E-state index in [1.165, 1.54) is 11.8 Å². The summed E-state index contributed by atoms with van der Waals surface area (Å²) in [5.74, 6) is -0.0747. The predicted molar refractivity (Wildman–Crippen MR) is 51.7 cm³/mol. The fraction of sp³-hybridized carbons (Fsp3) is 0.500.